The Kier molecular flexibility index (Phi) is 6.72. The van der Waals surface area contributed by atoms with Gasteiger partial charge in [-0.2, -0.15) is 0 Å². The van der Waals surface area contributed by atoms with Gasteiger partial charge in [0.25, 0.3) is 5.56 Å². The number of H-pyrrole nitrogens is 1. The van der Waals surface area contributed by atoms with E-state index in [1.54, 1.807) is 49.4 Å². The summed E-state index contributed by atoms with van der Waals surface area (Å²) in [5.41, 5.74) is 0.596. The van der Waals surface area contributed by atoms with Gasteiger partial charge in [-0.3, -0.25) is 4.79 Å². The first kappa shape index (κ1) is 21.4. The minimum absolute atomic E-state index is 0.274. The van der Waals surface area contributed by atoms with Crippen LogP contribution in [-0.4, -0.2) is 29.2 Å². The number of aromatic nitrogens is 2. The molecule has 1 heterocycles. The van der Waals surface area contributed by atoms with Gasteiger partial charge < -0.3 is 19.2 Å². The number of benzene rings is 2. The third kappa shape index (κ3) is 4.97. The molecule has 3 aromatic rings. The predicted octanol–water partition coefficient (Wildman–Crippen LogP) is 4.27. The summed E-state index contributed by atoms with van der Waals surface area (Å²) < 4.78 is 16.9. The third-order valence-corrected chi connectivity index (χ3v) is 4.35. The zero-order chi connectivity index (χ0) is 21.7. The van der Waals surface area contributed by atoms with Crippen LogP contribution in [0.5, 0.6) is 11.5 Å². The fraction of sp³-hybridized carbons (Fsp3) is 0.348. The van der Waals surface area contributed by atoms with Crippen LogP contribution in [0.3, 0.4) is 0 Å². The molecule has 1 aromatic heterocycles. The average molecular weight is 410 g/mol. The lowest BCUT2D eigenvalue weighted by molar-refractivity contribution is 0.0319. The minimum atomic E-state index is -0.734. The molecular formula is C23H26N2O5. The molecule has 0 aliphatic carbocycles. The number of rotatable bonds is 8. The lowest BCUT2D eigenvalue weighted by Gasteiger charge is -2.16. The van der Waals surface area contributed by atoms with Crippen LogP contribution in [0.15, 0.2) is 47.3 Å². The van der Waals surface area contributed by atoms with Crippen molar-refractivity contribution in [2.24, 2.45) is 5.92 Å². The number of hydrogen-bond acceptors (Lipinski definition) is 6. The number of nitrogens with one attached hydrogen (secondary N) is 1. The highest BCUT2D eigenvalue weighted by Gasteiger charge is 2.19. The van der Waals surface area contributed by atoms with Gasteiger partial charge >= 0.3 is 5.97 Å². The van der Waals surface area contributed by atoms with Crippen molar-refractivity contribution in [3.05, 3.63) is 64.2 Å². The van der Waals surface area contributed by atoms with E-state index in [1.165, 1.54) is 0 Å². The monoisotopic (exact) mass is 410 g/mol. The van der Waals surface area contributed by atoms with Crippen molar-refractivity contribution < 1.29 is 19.0 Å². The zero-order valence-electron chi connectivity index (χ0n) is 17.6. The fourth-order valence-corrected chi connectivity index (χ4v) is 2.86. The number of hydrogen-bond donors (Lipinski definition) is 1. The molecule has 0 fully saturated rings. The van der Waals surface area contributed by atoms with Crippen LogP contribution in [0.25, 0.3) is 10.9 Å². The Labute approximate surface area is 175 Å². The first-order chi connectivity index (χ1) is 14.4. The van der Waals surface area contributed by atoms with Crippen molar-refractivity contribution in [1.29, 1.82) is 0 Å². The van der Waals surface area contributed by atoms with Crippen molar-refractivity contribution in [2.75, 3.05) is 13.2 Å². The summed E-state index contributed by atoms with van der Waals surface area (Å²) >= 11 is 0. The van der Waals surface area contributed by atoms with E-state index in [1.807, 2.05) is 6.92 Å². The van der Waals surface area contributed by atoms with Crippen LogP contribution in [0.4, 0.5) is 0 Å². The molecule has 158 valence electrons. The highest BCUT2D eigenvalue weighted by atomic mass is 16.5. The van der Waals surface area contributed by atoms with Crippen LogP contribution >= 0.6 is 0 Å². The number of nitrogens with zero attached hydrogens (tertiary/aromatic N) is 1. The highest BCUT2D eigenvalue weighted by molar-refractivity contribution is 5.90. The molecule has 0 unspecified atom stereocenters. The van der Waals surface area contributed by atoms with Crippen molar-refractivity contribution in [1.82, 2.24) is 9.97 Å². The van der Waals surface area contributed by atoms with Gasteiger partial charge in [-0.1, -0.05) is 26.0 Å². The molecule has 0 aliphatic rings. The standard InChI is InChI=1S/C23H26N2O5/c1-5-28-20-12-16(10-11-19(20)29-13-14(2)3)23(27)30-15(4)21-24-18-9-7-6-8-17(18)22(26)25-21/h6-12,14-15H,5,13H2,1-4H3,(H,24,25,26)/t15-/m0/s1. The van der Waals surface area contributed by atoms with Crippen LogP contribution in [0, 0.1) is 5.92 Å². The van der Waals surface area contributed by atoms with Gasteiger partial charge in [-0.25, -0.2) is 9.78 Å². The molecule has 3 rings (SSSR count). The minimum Gasteiger partial charge on any atom is -0.490 e. The van der Waals surface area contributed by atoms with E-state index in [0.717, 1.165) is 0 Å². The molecule has 0 amide bonds. The molecule has 0 bridgehead atoms. The Balaban J connectivity index is 1.79. The molecule has 7 nitrogen and oxygen atoms in total. The molecule has 1 N–H and O–H groups in total. The molecule has 1 atom stereocenters. The van der Waals surface area contributed by atoms with Crippen LogP contribution in [-0.2, 0) is 4.74 Å². The second kappa shape index (κ2) is 9.43. The summed E-state index contributed by atoms with van der Waals surface area (Å²) in [6.45, 7) is 8.61. The number of aromatic amines is 1. The second-order valence-corrected chi connectivity index (χ2v) is 7.32. The van der Waals surface area contributed by atoms with Gasteiger partial charge in [-0.15, -0.1) is 0 Å². The maximum absolute atomic E-state index is 12.7. The van der Waals surface area contributed by atoms with Gasteiger partial charge in [-0.05, 0) is 50.1 Å². The van der Waals surface area contributed by atoms with Crippen molar-refractivity contribution >= 4 is 16.9 Å². The van der Waals surface area contributed by atoms with E-state index in [9.17, 15) is 9.59 Å². The van der Waals surface area contributed by atoms with Crippen LogP contribution in [0.1, 0.15) is 50.0 Å². The maximum Gasteiger partial charge on any atom is 0.338 e. The zero-order valence-corrected chi connectivity index (χ0v) is 17.6. The van der Waals surface area contributed by atoms with Gasteiger partial charge in [0.2, 0.25) is 0 Å². The number of ether oxygens (including phenoxy) is 3. The Hall–Kier alpha value is -3.35. The summed E-state index contributed by atoms with van der Waals surface area (Å²) in [4.78, 5) is 32.0. The molecule has 0 aliphatic heterocycles. The van der Waals surface area contributed by atoms with Crippen molar-refractivity contribution in [2.45, 2.75) is 33.8 Å². The maximum atomic E-state index is 12.7. The van der Waals surface area contributed by atoms with Gasteiger partial charge in [0.1, 0.15) is 0 Å². The normalized spacial score (nSPS) is 12.0. The van der Waals surface area contributed by atoms with Gasteiger partial charge in [0, 0.05) is 0 Å². The Morgan fingerprint density at radius 2 is 1.83 bits per heavy atom. The second-order valence-electron chi connectivity index (χ2n) is 7.32. The van der Waals surface area contributed by atoms with Crippen molar-refractivity contribution in [3.8, 4) is 11.5 Å². The first-order valence-electron chi connectivity index (χ1n) is 9.98. The summed E-state index contributed by atoms with van der Waals surface area (Å²) in [5.74, 6) is 1.17. The molecule has 0 radical (unpaired) electrons. The number of para-hydroxylation sites is 1. The van der Waals surface area contributed by atoms with Gasteiger partial charge in [0.05, 0.1) is 29.7 Å². The first-order valence-corrected chi connectivity index (χ1v) is 9.98. The number of esters is 1. The van der Waals surface area contributed by atoms with E-state index in [0.29, 0.717) is 47.1 Å². The van der Waals surface area contributed by atoms with E-state index in [4.69, 9.17) is 14.2 Å². The number of fused-ring (bicyclic) bond motifs is 1. The molecule has 30 heavy (non-hydrogen) atoms. The quantitative estimate of drug-likeness (QED) is 0.558. The molecular weight excluding hydrogens is 384 g/mol. The largest absolute Gasteiger partial charge is 0.490 e. The van der Waals surface area contributed by atoms with Crippen LogP contribution in [0.2, 0.25) is 0 Å². The highest BCUT2D eigenvalue weighted by Crippen LogP contribution is 2.30. The number of carbonyl (C=O) groups is 1. The summed E-state index contributed by atoms with van der Waals surface area (Å²) in [5, 5.41) is 0.484. The van der Waals surface area contributed by atoms with Gasteiger partial charge in [0.15, 0.2) is 23.4 Å². The summed E-state index contributed by atoms with van der Waals surface area (Å²) in [6, 6.07) is 11.9. The lowest BCUT2D eigenvalue weighted by atomic mass is 10.2. The fourth-order valence-electron chi connectivity index (χ4n) is 2.86. The molecule has 0 spiro atoms. The molecule has 0 saturated carbocycles. The van der Waals surface area contributed by atoms with E-state index >= 15 is 0 Å². The average Bonchev–Trinajstić information content (AvgIpc) is 2.72. The van der Waals surface area contributed by atoms with Crippen LogP contribution < -0.4 is 15.0 Å². The van der Waals surface area contributed by atoms with E-state index in [-0.39, 0.29) is 11.4 Å². The third-order valence-electron chi connectivity index (χ3n) is 4.35. The predicted molar refractivity (Wildman–Crippen MR) is 114 cm³/mol. The topological polar surface area (TPSA) is 90.5 Å². The number of carbonyl (C=O) groups excluding carboxylic acids is 1. The molecule has 2 aromatic carbocycles. The molecule has 0 saturated heterocycles. The molecule has 7 heteroatoms. The summed E-state index contributed by atoms with van der Waals surface area (Å²) in [7, 11) is 0. The van der Waals surface area contributed by atoms with E-state index < -0.39 is 12.1 Å². The lowest BCUT2D eigenvalue weighted by Crippen LogP contribution is -2.17. The Morgan fingerprint density at radius 3 is 2.57 bits per heavy atom. The Morgan fingerprint density at radius 1 is 1.07 bits per heavy atom. The Bertz CT molecular complexity index is 1090. The van der Waals surface area contributed by atoms with Crippen molar-refractivity contribution in [3.63, 3.8) is 0 Å². The smallest absolute Gasteiger partial charge is 0.338 e. The summed E-state index contributed by atoms with van der Waals surface area (Å²) in [6.07, 6.45) is -0.734. The van der Waals surface area contributed by atoms with E-state index in [2.05, 4.69) is 23.8 Å². The SMILES string of the molecule is CCOc1cc(C(=O)O[C@@H](C)c2nc3ccccc3c(=O)[nH]2)ccc1OCC(C)C.